The number of rotatable bonds is 4. The van der Waals surface area contributed by atoms with Crippen LogP contribution in [0.3, 0.4) is 0 Å². The standard InChI is InChI=1S/C16H11Cl3F3N3O/c17-10-2-1-3-11(18)14(10)13-5-9(26-25-13)7-24-15-12(19)4-8(6-23-15)16(20,21)22/h1-4,6,9H,5,7H2,(H,23,24). The van der Waals surface area contributed by atoms with Crippen LogP contribution < -0.4 is 5.32 Å². The Labute approximate surface area is 161 Å². The fraction of sp³-hybridized carbons (Fsp3) is 0.250. The van der Waals surface area contributed by atoms with Crippen LogP contribution in [0.15, 0.2) is 35.6 Å². The van der Waals surface area contributed by atoms with E-state index < -0.39 is 11.7 Å². The maximum Gasteiger partial charge on any atom is 0.417 e. The van der Waals surface area contributed by atoms with Crippen LogP contribution in [0.1, 0.15) is 17.5 Å². The molecule has 3 rings (SSSR count). The van der Waals surface area contributed by atoms with Crippen molar-refractivity contribution in [2.24, 2.45) is 5.16 Å². The summed E-state index contributed by atoms with van der Waals surface area (Å²) in [5.41, 5.74) is 0.284. The monoisotopic (exact) mass is 423 g/mol. The minimum absolute atomic E-state index is 0.131. The topological polar surface area (TPSA) is 46.5 Å². The van der Waals surface area contributed by atoms with Crippen LogP contribution in [0.4, 0.5) is 19.0 Å². The predicted molar refractivity (Wildman–Crippen MR) is 95.2 cm³/mol. The van der Waals surface area contributed by atoms with Gasteiger partial charge in [-0.15, -0.1) is 0 Å². The van der Waals surface area contributed by atoms with Crippen LogP contribution in [0.25, 0.3) is 0 Å². The van der Waals surface area contributed by atoms with Gasteiger partial charge in [0.25, 0.3) is 0 Å². The number of benzene rings is 1. The molecule has 0 saturated heterocycles. The van der Waals surface area contributed by atoms with E-state index in [1.807, 2.05) is 0 Å². The number of hydrogen-bond acceptors (Lipinski definition) is 4. The maximum atomic E-state index is 12.6. The highest BCUT2D eigenvalue weighted by molar-refractivity contribution is 6.40. The van der Waals surface area contributed by atoms with E-state index in [2.05, 4.69) is 15.5 Å². The molecule has 1 aromatic carbocycles. The minimum Gasteiger partial charge on any atom is -0.390 e. The summed E-state index contributed by atoms with van der Waals surface area (Å²) >= 11 is 18.2. The predicted octanol–water partition coefficient (Wildman–Crippen LogP) is 5.67. The normalized spacial score (nSPS) is 17.0. The minimum atomic E-state index is -4.50. The van der Waals surface area contributed by atoms with Crippen LogP contribution in [0, 0.1) is 0 Å². The summed E-state index contributed by atoms with van der Waals surface area (Å²) in [5, 5.41) is 7.64. The van der Waals surface area contributed by atoms with E-state index in [9.17, 15) is 13.2 Å². The Kier molecular flexibility index (Phi) is 5.50. The van der Waals surface area contributed by atoms with Crippen LogP contribution in [-0.2, 0) is 11.0 Å². The molecule has 1 N–H and O–H groups in total. The molecule has 10 heteroatoms. The van der Waals surface area contributed by atoms with Crippen molar-refractivity contribution in [2.45, 2.75) is 18.7 Å². The SMILES string of the molecule is FC(F)(F)c1cnc(NCC2CC(c3c(Cl)cccc3Cl)=NO2)c(Cl)c1. The summed E-state index contributed by atoms with van der Waals surface area (Å²) in [6.07, 6.45) is -3.72. The summed E-state index contributed by atoms with van der Waals surface area (Å²) in [6.45, 7) is 0.243. The van der Waals surface area contributed by atoms with E-state index in [0.717, 1.165) is 12.3 Å². The highest BCUT2D eigenvalue weighted by atomic mass is 35.5. The molecule has 0 amide bonds. The quantitative estimate of drug-likeness (QED) is 0.688. The summed E-state index contributed by atoms with van der Waals surface area (Å²) in [6, 6.07) is 5.94. The molecule has 0 spiro atoms. The number of anilines is 1. The lowest BCUT2D eigenvalue weighted by Crippen LogP contribution is -2.21. The third-order valence-electron chi connectivity index (χ3n) is 3.65. The first-order valence-corrected chi connectivity index (χ1v) is 8.53. The highest BCUT2D eigenvalue weighted by Gasteiger charge is 2.32. The van der Waals surface area contributed by atoms with E-state index in [4.69, 9.17) is 39.6 Å². The van der Waals surface area contributed by atoms with Gasteiger partial charge in [0.05, 0.1) is 32.9 Å². The van der Waals surface area contributed by atoms with E-state index in [0.29, 0.717) is 27.7 Å². The van der Waals surface area contributed by atoms with Gasteiger partial charge in [-0.2, -0.15) is 13.2 Å². The van der Waals surface area contributed by atoms with Gasteiger partial charge < -0.3 is 10.2 Å². The average molecular weight is 425 g/mol. The Balaban J connectivity index is 1.63. The average Bonchev–Trinajstić information content (AvgIpc) is 3.01. The van der Waals surface area contributed by atoms with Gasteiger partial charge in [0, 0.05) is 18.2 Å². The van der Waals surface area contributed by atoms with Crippen molar-refractivity contribution in [3.8, 4) is 0 Å². The van der Waals surface area contributed by atoms with Gasteiger partial charge in [-0.05, 0) is 18.2 Å². The lowest BCUT2D eigenvalue weighted by Gasteiger charge is -2.13. The second-order valence-corrected chi connectivity index (χ2v) is 6.72. The lowest BCUT2D eigenvalue weighted by molar-refractivity contribution is -0.137. The Morgan fingerprint density at radius 3 is 2.46 bits per heavy atom. The zero-order valence-corrected chi connectivity index (χ0v) is 15.2. The lowest BCUT2D eigenvalue weighted by atomic mass is 10.0. The van der Waals surface area contributed by atoms with E-state index in [-0.39, 0.29) is 23.5 Å². The van der Waals surface area contributed by atoms with Gasteiger partial charge in [-0.1, -0.05) is 46.0 Å². The Morgan fingerprint density at radius 2 is 1.85 bits per heavy atom. The maximum absolute atomic E-state index is 12.6. The van der Waals surface area contributed by atoms with Crippen molar-refractivity contribution in [1.82, 2.24) is 4.98 Å². The van der Waals surface area contributed by atoms with Crippen molar-refractivity contribution >= 4 is 46.3 Å². The molecule has 0 saturated carbocycles. The number of halogens is 6. The van der Waals surface area contributed by atoms with Crippen LogP contribution in [0.2, 0.25) is 15.1 Å². The van der Waals surface area contributed by atoms with Crippen molar-refractivity contribution in [3.05, 3.63) is 56.7 Å². The van der Waals surface area contributed by atoms with Gasteiger partial charge in [0.1, 0.15) is 11.9 Å². The number of alkyl halides is 3. The third-order valence-corrected chi connectivity index (χ3v) is 4.57. The molecular weight excluding hydrogens is 414 g/mol. The molecule has 1 aliphatic rings. The number of oxime groups is 1. The molecule has 0 bridgehead atoms. The first-order valence-electron chi connectivity index (χ1n) is 7.39. The third kappa shape index (κ3) is 4.16. The second kappa shape index (κ2) is 7.50. The zero-order chi connectivity index (χ0) is 18.9. The number of hydrogen-bond donors (Lipinski definition) is 1. The summed E-state index contributed by atoms with van der Waals surface area (Å²) < 4.78 is 37.9. The molecule has 1 aromatic heterocycles. The molecule has 1 aliphatic heterocycles. The molecule has 1 atom stereocenters. The molecule has 4 nitrogen and oxygen atoms in total. The van der Waals surface area contributed by atoms with Gasteiger partial charge in [0.15, 0.2) is 0 Å². The van der Waals surface area contributed by atoms with Crippen molar-refractivity contribution in [1.29, 1.82) is 0 Å². The number of nitrogens with one attached hydrogen (secondary N) is 1. The molecule has 0 radical (unpaired) electrons. The van der Waals surface area contributed by atoms with Crippen molar-refractivity contribution < 1.29 is 18.0 Å². The van der Waals surface area contributed by atoms with Gasteiger partial charge >= 0.3 is 6.18 Å². The first-order chi connectivity index (χ1) is 12.3. The fourth-order valence-corrected chi connectivity index (χ4v) is 3.24. The highest BCUT2D eigenvalue weighted by Crippen LogP contribution is 2.33. The molecular formula is C16H11Cl3F3N3O. The second-order valence-electron chi connectivity index (χ2n) is 5.50. The first kappa shape index (κ1) is 19.1. The smallest absolute Gasteiger partial charge is 0.390 e. The summed E-state index contributed by atoms with van der Waals surface area (Å²) in [7, 11) is 0. The Hall–Kier alpha value is -1.70. The molecule has 0 fully saturated rings. The summed E-state index contributed by atoms with van der Waals surface area (Å²) in [4.78, 5) is 9.04. The largest absolute Gasteiger partial charge is 0.417 e. The van der Waals surface area contributed by atoms with Crippen LogP contribution in [-0.4, -0.2) is 23.3 Å². The van der Waals surface area contributed by atoms with E-state index in [1.165, 1.54) is 0 Å². The van der Waals surface area contributed by atoms with Crippen molar-refractivity contribution in [3.63, 3.8) is 0 Å². The zero-order valence-electron chi connectivity index (χ0n) is 12.9. The van der Waals surface area contributed by atoms with E-state index in [1.54, 1.807) is 18.2 Å². The molecule has 0 aliphatic carbocycles. The van der Waals surface area contributed by atoms with Gasteiger partial charge in [0.2, 0.25) is 0 Å². The summed E-state index contributed by atoms with van der Waals surface area (Å²) in [5.74, 6) is 0.132. The van der Waals surface area contributed by atoms with Gasteiger partial charge in [-0.25, -0.2) is 4.98 Å². The van der Waals surface area contributed by atoms with Crippen molar-refractivity contribution in [2.75, 3.05) is 11.9 Å². The molecule has 2 aromatic rings. The molecule has 2 heterocycles. The molecule has 26 heavy (non-hydrogen) atoms. The number of nitrogens with zero attached hydrogens (tertiary/aromatic N) is 2. The van der Waals surface area contributed by atoms with Crippen LogP contribution in [0.5, 0.6) is 0 Å². The number of aromatic nitrogens is 1. The van der Waals surface area contributed by atoms with E-state index >= 15 is 0 Å². The number of pyridine rings is 1. The van der Waals surface area contributed by atoms with Gasteiger partial charge in [-0.3, -0.25) is 0 Å². The Bertz CT molecular complexity index is 838. The fourth-order valence-electron chi connectivity index (χ4n) is 2.39. The van der Waals surface area contributed by atoms with Crippen LogP contribution >= 0.6 is 34.8 Å². The molecule has 1 unspecified atom stereocenters. The molecule has 138 valence electrons. The Morgan fingerprint density at radius 1 is 1.15 bits per heavy atom.